The van der Waals surface area contributed by atoms with E-state index in [-0.39, 0.29) is 5.75 Å². The molecule has 1 aromatic heterocycles. The maximum Gasteiger partial charge on any atom is 0.336 e. The third-order valence-electron chi connectivity index (χ3n) is 4.70. The molecule has 3 aromatic rings. The van der Waals surface area contributed by atoms with E-state index in [1.807, 2.05) is 42.5 Å². The number of aromatic nitrogens is 1. The van der Waals surface area contributed by atoms with Crippen LogP contribution in [0.25, 0.3) is 22.6 Å². The average molecular weight is 410 g/mol. The van der Waals surface area contributed by atoms with Crippen molar-refractivity contribution in [2.75, 3.05) is 0 Å². The molecule has 0 atom stereocenters. The van der Waals surface area contributed by atoms with Crippen molar-refractivity contribution in [3.63, 3.8) is 0 Å². The third-order valence-corrected chi connectivity index (χ3v) is 5.33. The van der Waals surface area contributed by atoms with Crippen LogP contribution in [0.4, 0.5) is 0 Å². The van der Waals surface area contributed by atoms with E-state index in [2.05, 4.69) is 15.9 Å². The molecule has 0 spiro atoms. The molecule has 1 heterocycles. The molecule has 26 heavy (non-hydrogen) atoms. The van der Waals surface area contributed by atoms with E-state index in [1.165, 1.54) is 0 Å². The van der Waals surface area contributed by atoms with Crippen LogP contribution >= 0.6 is 15.9 Å². The van der Waals surface area contributed by atoms with E-state index in [9.17, 15) is 15.0 Å². The summed E-state index contributed by atoms with van der Waals surface area (Å²) >= 11 is 3.33. The van der Waals surface area contributed by atoms with Gasteiger partial charge in [0.15, 0.2) is 0 Å². The number of carboxylic acids is 1. The van der Waals surface area contributed by atoms with Crippen LogP contribution in [-0.4, -0.2) is 21.2 Å². The molecule has 0 unspecified atom stereocenters. The molecule has 130 valence electrons. The van der Waals surface area contributed by atoms with Crippen LogP contribution in [0.3, 0.4) is 0 Å². The zero-order valence-electron chi connectivity index (χ0n) is 13.9. The molecule has 2 aromatic carbocycles. The molecule has 1 aliphatic carbocycles. The highest BCUT2D eigenvalue weighted by Gasteiger charge is 2.24. The summed E-state index contributed by atoms with van der Waals surface area (Å²) in [4.78, 5) is 16.7. The maximum absolute atomic E-state index is 12.0. The van der Waals surface area contributed by atoms with Gasteiger partial charge < -0.3 is 10.2 Å². The predicted molar refractivity (Wildman–Crippen MR) is 105 cm³/mol. The van der Waals surface area contributed by atoms with Gasteiger partial charge in [0.05, 0.1) is 21.2 Å². The number of nitrogens with zero attached hydrogens (tertiary/aromatic N) is 1. The molecule has 2 N–H and O–H groups in total. The number of para-hydroxylation sites is 1. The number of rotatable bonds is 2. The fourth-order valence-corrected chi connectivity index (χ4v) is 3.93. The summed E-state index contributed by atoms with van der Waals surface area (Å²) in [5, 5.41) is 20.2. The lowest BCUT2D eigenvalue weighted by atomic mass is 9.86. The topological polar surface area (TPSA) is 70.4 Å². The zero-order valence-corrected chi connectivity index (χ0v) is 15.5. The summed E-state index contributed by atoms with van der Waals surface area (Å²) in [6.07, 6.45) is 4.47. The SMILES string of the molecule is O=C(O)c1c2c(nc3ccccc13)C(=Cc1ccc(O)c(Br)c1)CCC2. The lowest BCUT2D eigenvalue weighted by molar-refractivity contribution is 0.0697. The van der Waals surface area contributed by atoms with E-state index in [0.717, 1.165) is 35.2 Å². The van der Waals surface area contributed by atoms with Crippen molar-refractivity contribution in [3.05, 3.63) is 69.3 Å². The van der Waals surface area contributed by atoms with Crippen molar-refractivity contribution in [1.82, 2.24) is 4.98 Å². The second kappa shape index (κ2) is 6.57. The molecule has 4 rings (SSSR count). The number of aromatic hydroxyl groups is 1. The van der Waals surface area contributed by atoms with Crippen molar-refractivity contribution < 1.29 is 15.0 Å². The summed E-state index contributed by atoms with van der Waals surface area (Å²) in [6.45, 7) is 0. The number of allylic oxidation sites excluding steroid dienone is 1. The number of pyridine rings is 1. The number of carboxylic acid groups (broad SMARTS) is 1. The highest BCUT2D eigenvalue weighted by Crippen LogP contribution is 2.36. The van der Waals surface area contributed by atoms with Crippen LogP contribution in [0.2, 0.25) is 0 Å². The van der Waals surface area contributed by atoms with Crippen molar-refractivity contribution >= 4 is 44.5 Å². The molecule has 0 fully saturated rings. The minimum Gasteiger partial charge on any atom is -0.507 e. The van der Waals surface area contributed by atoms with Gasteiger partial charge in [0.1, 0.15) is 5.75 Å². The summed E-state index contributed by atoms with van der Waals surface area (Å²) in [7, 11) is 0. The molecule has 0 saturated carbocycles. The fraction of sp³-hybridized carbons (Fsp3) is 0.143. The lowest BCUT2D eigenvalue weighted by Gasteiger charge is -2.21. The lowest BCUT2D eigenvalue weighted by Crippen LogP contribution is -2.13. The smallest absolute Gasteiger partial charge is 0.336 e. The summed E-state index contributed by atoms with van der Waals surface area (Å²) < 4.78 is 0.626. The van der Waals surface area contributed by atoms with Crippen LogP contribution in [0, 0.1) is 0 Å². The summed E-state index contributed by atoms with van der Waals surface area (Å²) in [6, 6.07) is 12.7. The first-order chi connectivity index (χ1) is 12.5. The molecular weight excluding hydrogens is 394 g/mol. The first-order valence-corrected chi connectivity index (χ1v) is 9.18. The number of benzene rings is 2. The Bertz CT molecular complexity index is 1070. The van der Waals surface area contributed by atoms with Crippen LogP contribution in [0.15, 0.2) is 46.9 Å². The molecule has 0 bridgehead atoms. The van der Waals surface area contributed by atoms with Gasteiger partial charge in [-0.3, -0.25) is 0 Å². The quantitative estimate of drug-likeness (QED) is 0.603. The van der Waals surface area contributed by atoms with Gasteiger partial charge in [-0.05, 0) is 76.2 Å². The Morgan fingerprint density at radius 1 is 1.15 bits per heavy atom. The number of hydrogen-bond donors (Lipinski definition) is 2. The number of fused-ring (bicyclic) bond motifs is 2. The van der Waals surface area contributed by atoms with Gasteiger partial charge in [0.25, 0.3) is 0 Å². The minimum atomic E-state index is -0.909. The molecular formula is C21H16BrNO3. The Morgan fingerprint density at radius 2 is 1.96 bits per heavy atom. The molecule has 1 aliphatic rings. The number of aromatic carboxylic acids is 1. The Balaban J connectivity index is 1.94. The van der Waals surface area contributed by atoms with Crippen molar-refractivity contribution in [3.8, 4) is 5.75 Å². The largest absolute Gasteiger partial charge is 0.507 e. The third kappa shape index (κ3) is 2.88. The molecule has 4 nitrogen and oxygen atoms in total. The summed E-state index contributed by atoms with van der Waals surface area (Å²) in [5.74, 6) is -0.720. The highest BCUT2D eigenvalue weighted by atomic mass is 79.9. The normalized spacial score (nSPS) is 15.2. The molecule has 0 saturated heterocycles. The van der Waals surface area contributed by atoms with E-state index in [4.69, 9.17) is 4.98 Å². The zero-order chi connectivity index (χ0) is 18.3. The van der Waals surface area contributed by atoms with Gasteiger partial charge >= 0.3 is 5.97 Å². The van der Waals surface area contributed by atoms with Crippen LogP contribution in [0.5, 0.6) is 5.75 Å². The Morgan fingerprint density at radius 3 is 2.73 bits per heavy atom. The Labute approximate surface area is 159 Å². The van der Waals surface area contributed by atoms with Gasteiger partial charge in [-0.25, -0.2) is 9.78 Å². The second-order valence-corrected chi connectivity index (χ2v) is 7.22. The van der Waals surface area contributed by atoms with Gasteiger partial charge in [0, 0.05) is 5.39 Å². The van der Waals surface area contributed by atoms with E-state index < -0.39 is 5.97 Å². The van der Waals surface area contributed by atoms with E-state index >= 15 is 0 Å². The molecule has 0 amide bonds. The molecule has 5 heteroatoms. The number of halogens is 1. The number of phenolic OH excluding ortho intramolecular Hbond substituents is 1. The van der Waals surface area contributed by atoms with Crippen LogP contribution in [-0.2, 0) is 6.42 Å². The monoisotopic (exact) mass is 409 g/mol. The minimum absolute atomic E-state index is 0.188. The number of carbonyl (C=O) groups is 1. The first kappa shape index (κ1) is 16.8. The first-order valence-electron chi connectivity index (χ1n) is 8.39. The Kier molecular flexibility index (Phi) is 4.24. The highest BCUT2D eigenvalue weighted by molar-refractivity contribution is 9.10. The van der Waals surface area contributed by atoms with Gasteiger partial charge in [0.2, 0.25) is 0 Å². The van der Waals surface area contributed by atoms with Crippen molar-refractivity contribution in [2.45, 2.75) is 19.3 Å². The van der Waals surface area contributed by atoms with Gasteiger partial charge in [-0.15, -0.1) is 0 Å². The molecule has 0 radical (unpaired) electrons. The standard InChI is InChI=1S/C21H16BrNO3/c22-16-11-12(8-9-18(16)24)10-13-4-3-6-15-19(21(25)26)14-5-1-2-7-17(14)23-20(13)15/h1-2,5,7-11,24H,3-4,6H2,(H,25,26). The van der Waals surface area contributed by atoms with Crippen LogP contribution in [0.1, 0.15) is 40.0 Å². The Hall–Kier alpha value is -2.66. The summed E-state index contributed by atoms with van der Waals surface area (Å²) in [5.41, 5.74) is 4.61. The van der Waals surface area contributed by atoms with Gasteiger partial charge in [-0.1, -0.05) is 24.3 Å². The van der Waals surface area contributed by atoms with Crippen molar-refractivity contribution in [1.29, 1.82) is 0 Å². The van der Waals surface area contributed by atoms with E-state index in [0.29, 0.717) is 27.4 Å². The molecule has 0 aliphatic heterocycles. The van der Waals surface area contributed by atoms with Gasteiger partial charge in [-0.2, -0.15) is 0 Å². The van der Waals surface area contributed by atoms with Crippen molar-refractivity contribution in [2.24, 2.45) is 0 Å². The number of hydrogen-bond acceptors (Lipinski definition) is 3. The number of phenols is 1. The maximum atomic E-state index is 12.0. The fourth-order valence-electron chi connectivity index (χ4n) is 3.53. The predicted octanol–water partition coefficient (Wildman–Crippen LogP) is 5.28. The second-order valence-electron chi connectivity index (χ2n) is 6.37. The van der Waals surface area contributed by atoms with E-state index in [1.54, 1.807) is 6.07 Å². The average Bonchev–Trinajstić information content (AvgIpc) is 2.63. The van der Waals surface area contributed by atoms with Crippen LogP contribution < -0.4 is 0 Å².